The van der Waals surface area contributed by atoms with Crippen molar-refractivity contribution in [2.24, 2.45) is 0 Å². The number of rotatable bonds is 4. The third-order valence-corrected chi connectivity index (χ3v) is 3.61. The minimum absolute atomic E-state index is 0.252. The number of amides is 1. The Labute approximate surface area is 133 Å². The average Bonchev–Trinajstić information content (AvgIpc) is 3.09. The Hall–Kier alpha value is -2.95. The molecule has 0 radical (unpaired) electrons. The van der Waals surface area contributed by atoms with E-state index in [-0.39, 0.29) is 11.5 Å². The van der Waals surface area contributed by atoms with Crippen molar-refractivity contribution in [2.75, 3.05) is 5.32 Å². The lowest BCUT2D eigenvalue weighted by atomic mass is 10.1. The first-order valence-corrected chi connectivity index (χ1v) is 7.35. The van der Waals surface area contributed by atoms with Crippen LogP contribution in [0.25, 0.3) is 5.69 Å². The summed E-state index contributed by atoms with van der Waals surface area (Å²) >= 11 is 0. The Balaban J connectivity index is 1.90. The fraction of sp³-hybridized carbons (Fsp3) is 0.111. The van der Waals surface area contributed by atoms with E-state index in [4.69, 9.17) is 0 Å². The van der Waals surface area contributed by atoms with Crippen LogP contribution in [-0.4, -0.2) is 15.5 Å². The molecule has 3 rings (SSSR count). The van der Waals surface area contributed by atoms with Crippen molar-refractivity contribution >= 4 is 11.6 Å². The number of halogens is 1. The number of hydrogen-bond donors (Lipinski definition) is 1. The minimum atomic E-state index is -0.458. The van der Waals surface area contributed by atoms with Crippen molar-refractivity contribution in [3.63, 3.8) is 0 Å². The highest BCUT2D eigenvalue weighted by molar-refractivity contribution is 6.06. The standard InChI is InChI=1S/C18H16FN3O/c1-2-13-3-6-15(7-4-13)21-18(23)16-11-14(19)5-8-17(16)22-10-9-20-12-22/h3-12H,2H2,1H3,(H,21,23). The van der Waals surface area contributed by atoms with Crippen molar-refractivity contribution in [3.8, 4) is 5.69 Å². The number of benzene rings is 2. The van der Waals surface area contributed by atoms with Gasteiger partial charge in [0.25, 0.3) is 5.91 Å². The lowest BCUT2D eigenvalue weighted by Crippen LogP contribution is -2.15. The second-order valence-corrected chi connectivity index (χ2v) is 5.14. The number of hydrogen-bond acceptors (Lipinski definition) is 2. The largest absolute Gasteiger partial charge is 0.322 e. The summed E-state index contributed by atoms with van der Waals surface area (Å²) < 4.78 is 15.3. The Kier molecular flexibility index (Phi) is 4.19. The Morgan fingerprint density at radius 3 is 2.65 bits per heavy atom. The fourth-order valence-electron chi connectivity index (χ4n) is 2.34. The molecule has 0 fully saturated rings. The Bertz CT molecular complexity index is 811. The SMILES string of the molecule is CCc1ccc(NC(=O)c2cc(F)ccc2-n2ccnc2)cc1. The number of aryl methyl sites for hydroxylation is 1. The second kappa shape index (κ2) is 6.44. The van der Waals surface area contributed by atoms with Crippen LogP contribution in [0.4, 0.5) is 10.1 Å². The van der Waals surface area contributed by atoms with Crippen LogP contribution in [0, 0.1) is 5.82 Å². The first-order chi connectivity index (χ1) is 11.2. The van der Waals surface area contributed by atoms with Gasteiger partial charge in [-0.15, -0.1) is 0 Å². The van der Waals surface area contributed by atoms with Crippen LogP contribution in [0.5, 0.6) is 0 Å². The van der Waals surface area contributed by atoms with Crippen molar-refractivity contribution < 1.29 is 9.18 Å². The number of aromatic nitrogens is 2. The lowest BCUT2D eigenvalue weighted by Gasteiger charge is -2.11. The smallest absolute Gasteiger partial charge is 0.257 e. The molecule has 4 nitrogen and oxygen atoms in total. The summed E-state index contributed by atoms with van der Waals surface area (Å²) in [6.07, 6.45) is 5.82. The highest BCUT2D eigenvalue weighted by Crippen LogP contribution is 2.18. The summed E-state index contributed by atoms with van der Waals surface area (Å²) in [6, 6.07) is 11.7. The zero-order valence-electron chi connectivity index (χ0n) is 12.7. The van der Waals surface area contributed by atoms with E-state index in [1.807, 2.05) is 24.3 Å². The van der Waals surface area contributed by atoms with Crippen LogP contribution < -0.4 is 5.32 Å². The van der Waals surface area contributed by atoms with E-state index < -0.39 is 5.82 Å². The molecular weight excluding hydrogens is 293 g/mol. The summed E-state index contributed by atoms with van der Waals surface area (Å²) in [6.45, 7) is 2.07. The van der Waals surface area contributed by atoms with Gasteiger partial charge in [-0.2, -0.15) is 0 Å². The molecule has 5 heteroatoms. The number of nitrogens with zero attached hydrogens (tertiary/aromatic N) is 2. The zero-order valence-corrected chi connectivity index (χ0v) is 12.7. The highest BCUT2D eigenvalue weighted by Gasteiger charge is 2.14. The molecule has 2 aromatic carbocycles. The molecule has 1 aromatic heterocycles. The van der Waals surface area contributed by atoms with E-state index >= 15 is 0 Å². The van der Waals surface area contributed by atoms with Crippen LogP contribution in [0.15, 0.2) is 61.2 Å². The molecule has 116 valence electrons. The maximum absolute atomic E-state index is 13.6. The molecule has 0 aliphatic rings. The van der Waals surface area contributed by atoms with E-state index in [1.165, 1.54) is 17.7 Å². The second-order valence-electron chi connectivity index (χ2n) is 5.14. The number of anilines is 1. The lowest BCUT2D eigenvalue weighted by molar-refractivity contribution is 0.102. The Morgan fingerprint density at radius 2 is 2.00 bits per heavy atom. The topological polar surface area (TPSA) is 46.9 Å². The molecule has 0 saturated heterocycles. The zero-order chi connectivity index (χ0) is 16.2. The molecule has 0 spiro atoms. The molecule has 0 atom stereocenters. The molecule has 0 aliphatic heterocycles. The quantitative estimate of drug-likeness (QED) is 0.796. The first-order valence-electron chi connectivity index (χ1n) is 7.35. The van der Waals surface area contributed by atoms with Crippen LogP contribution in [0.3, 0.4) is 0 Å². The molecular formula is C18H16FN3O. The maximum atomic E-state index is 13.6. The van der Waals surface area contributed by atoms with E-state index in [0.29, 0.717) is 11.4 Å². The molecule has 1 amide bonds. The van der Waals surface area contributed by atoms with E-state index in [2.05, 4.69) is 17.2 Å². The Morgan fingerprint density at radius 1 is 1.22 bits per heavy atom. The summed E-state index contributed by atoms with van der Waals surface area (Å²) in [5.74, 6) is -0.821. The van der Waals surface area contributed by atoms with E-state index in [0.717, 1.165) is 6.42 Å². The van der Waals surface area contributed by atoms with Crippen LogP contribution in [0.1, 0.15) is 22.8 Å². The maximum Gasteiger partial charge on any atom is 0.257 e. The third-order valence-electron chi connectivity index (χ3n) is 3.61. The molecule has 1 heterocycles. The van der Waals surface area contributed by atoms with E-state index in [9.17, 15) is 9.18 Å². The molecule has 1 N–H and O–H groups in total. The van der Waals surface area contributed by atoms with Crippen molar-refractivity contribution in [1.29, 1.82) is 0 Å². The predicted octanol–water partition coefficient (Wildman–Crippen LogP) is 3.83. The van der Waals surface area contributed by atoms with Crippen LogP contribution in [0.2, 0.25) is 0 Å². The van der Waals surface area contributed by atoms with Crippen molar-refractivity contribution in [2.45, 2.75) is 13.3 Å². The summed E-state index contributed by atoms with van der Waals surface area (Å²) in [7, 11) is 0. The van der Waals surface area contributed by atoms with Gasteiger partial charge in [-0.05, 0) is 42.3 Å². The van der Waals surface area contributed by atoms with Gasteiger partial charge in [0, 0.05) is 18.1 Å². The molecule has 3 aromatic rings. The minimum Gasteiger partial charge on any atom is -0.322 e. The summed E-state index contributed by atoms with van der Waals surface area (Å²) in [5, 5.41) is 2.80. The van der Waals surface area contributed by atoms with Crippen LogP contribution in [-0.2, 0) is 6.42 Å². The van der Waals surface area contributed by atoms with Gasteiger partial charge in [-0.1, -0.05) is 19.1 Å². The third kappa shape index (κ3) is 3.29. The molecule has 0 bridgehead atoms. The van der Waals surface area contributed by atoms with Gasteiger partial charge in [0.2, 0.25) is 0 Å². The molecule has 0 aliphatic carbocycles. The van der Waals surface area contributed by atoms with Crippen LogP contribution >= 0.6 is 0 Å². The number of carbonyl (C=O) groups is 1. The van der Waals surface area contributed by atoms with E-state index in [1.54, 1.807) is 29.4 Å². The monoisotopic (exact) mass is 309 g/mol. The predicted molar refractivity (Wildman–Crippen MR) is 87.3 cm³/mol. The van der Waals surface area contributed by atoms with Gasteiger partial charge in [0.05, 0.1) is 17.6 Å². The highest BCUT2D eigenvalue weighted by atomic mass is 19.1. The average molecular weight is 309 g/mol. The number of imidazole rings is 1. The first kappa shape index (κ1) is 15.0. The number of nitrogens with one attached hydrogen (secondary N) is 1. The van der Waals surface area contributed by atoms with Gasteiger partial charge in [0.1, 0.15) is 5.82 Å². The van der Waals surface area contributed by atoms with Gasteiger partial charge in [0.15, 0.2) is 0 Å². The molecule has 23 heavy (non-hydrogen) atoms. The van der Waals surface area contributed by atoms with Crippen molar-refractivity contribution in [1.82, 2.24) is 9.55 Å². The van der Waals surface area contributed by atoms with Gasteiger partial charge in [-0.25, -0.2) is 9.37 Å². The molecule has 0 unspecified atom stereocenters. The molecule has 0 saturated carbocycles. The summed E-state index contributed by atoms with van der Waals surface area (Å²) in [4.78, 5) is 16.5. The van der Waals surface area contributed by atoms with Gasteiger partial charge in [-0.3, -0.25) is 4.79 Å². The summed E-state index contributed by atoms with van der Waals surface area (Å²) in [5.41, 5.74) is 2.69. The van der Waals surface area contributed by atoms with Gasteiger partial charge >= 0.3 is 0 Å². The van der Waals surface area contributed by atoms with Crippen molar-refractivity contribution in [3.05, 3.63) is 78.1 Å². The number of carbonyl (C=O) groups excluding carboxylic acids is 1. The normalized spacial score (nSPS) is 10.5. The fourth-order valence-corrected chi connectivity index (χ4v) is 2.34. The van der Waals surface area contributed by atoms with Gasteiger partial charge < -0.3 is 9.88 Å².